The highest BCUT2D eigenvalue weighted by Crippen LogP contribution is 2.31. The van der Waals surface area contributed by atoms with Gasteiger partial charge in [0, 0.05) is 5.56 Å². The molecule has 1 heterocycles. The summed E-state index contributed by atoms with van der Waals surface area (Å²) in [6.45, 7) is 0. The molecule has 0 aliphatic heterocycles. The molecule has 0 fully saturated rings. The van der Waals surface area contributed by atoms with Gasteiger partial charge >= 0.3 is 0 Å². The molecular weight excluding hydrogens is 260 g/mol. The number of hydrogen-bond donors (Lipinski definition) is 0. The summed E-state index contributed by atoms with van der Waals surface area (Å²) < 4.78 is 10.3. The van der Waals surface area contributed by atoms with Crippen molar-refractivity contribution in [2.75, 3.05) is 7.11 Å². The van der Waals surface area contributed by atoms with Gasteiger partial charge in [0.1, 0.15) is 5.75 Å². The van der Waals surface area contributed by atoms with Crippen LogP contribution >= 0.6 is 11.6 Å². The van der Waals surface area contributed by atoms with E-state index in [-0.39, 0.29) is 5.38 Å². The number of ether oxygens (including phenoxy) is 1. The van der Waals surface area contributed by atoms with Gasteiger partial charge in [0.2, 0.25) is 0 Å². The third-order valence-electron chi connectivity index (χ3n) is 3.20. The average molecular weight is 273 g/mol. The fourth-order valence-electron chi connectivity index (χ4n) is 2.14. The van der Waals surface area contributed by atoms with Crippen LogP contribution in [0.5, 0.6) is 5.75 Å². The maximum Gasteiger partial charge on any atom is 0.119 e. The second kappa shape index (κ2) is 4.98. The van der Waals surface area contributed by atoms with E-state index in [1.54, 1.807) is 19.6 Å². The van der Waals surface area contributed by atoms with Crippen molar-refractivity contribution < 1.29 is 9.15 Å². The first-order valence-corrected chi connectivity index (χ1v) is 6.45. The minimum atomic E-state index is -0.190. The molecule has 3 rings (SSSR count). The number of halogens is 1. The molecule has 0 saturated carbocycles. The van der Waals surface area contributed by atoms with Crippen LogP contribution in [0, 0.1) is 0 Å². The van der Waals surface area contributed by atoms with Crippen LogP contribution in [0.4, 0.5) is 0 Å². The minimum absolute atomic E-state index is 0.190. The van der Waals surface area contributed by atoms with Gasteiger partial charge in [-0.2, -0.15) is 0 Å². The summed E-state index contributed by atoms with van der Waals surface area (Å²) in [7, 11) is 1.67. The summed E-state index contributed by atoms with van der Waals surface area (Å²) >= 11 is 6.45. The average Bonchev–Trinajstić information content (AvgIpc) is 2.99. The molecule has 1 atom stereocenters. The van der Waals surface area contributed by atoms with E-state index in [2.05, 4.69) is 12.1 Å². The zero-order valence-corrected chi connectivity index (χ0v) is 11.2. The highest BCUT2D eigenvalue weighted by molar-refractivity contribution is 6.22. The largest absolute Gasteiger partial charge is 0.497 e. The van der Waals surface area contributed by atoms with E-state index in [0.29, 0.717) is 0 Å². The standard InChI is InChI=1S/C16H13ClO2/c1-18-15-5-4-11-8-13(3-2-12(11)9-15)16(17)14-6-7-19-10-14/h2-10,16H,1H3. The molecule has 0 aliphatic carbocycles. The Bertz CT molecular complexity index is 689. The Labute approximate surface area is 116 Å². The van der Waals surface area contributed by atoms with Crippen molar-refractivity contribution in [1.82, 2.24) is 0 Å². The maximum absolute atomic E-state index is 6.45. The number of hydrogen-bond acceptors (Lipinski definition) is 2. The van der Waals surface area contributed by atoms with Crippen LogP contribution in [0.15, 0.2) is 59.4 Å². The Balaban J connectivity index is 2.02. The summed E-state index contributed by atoms with van der Waals surface area (Å²) in [6, 6.07) is 14.1. The molecule has 96 valence electrons. The Hall–Kier alpha value is -1.93. The summed E-state index contributed by atoms with van der Waals surface area (Å²) in [6.07, 6.45) is 3.31. The molecule has 0 saturated heterocycles. The Morgan fingerprint density at radius 2 is 1.79 bits per heavy atom. The quantitative estimate of drug-likeness (QED) is 0.641. The Morgan fingerprint density at radius 3 is 2.53 bits per heavy atom. The lowest BCUT2D eigenvalue weighted by atomic mass is 10.0. The first kappa shape index (κ1) is 12.1. The van der Waals surface area contributed by atoms with Crippen molar-refractivity contribution >= 4 is 22.4 Å². The molecule has 3 aromatic rings. The first-order chi connectivity index (χ1) is 9.28. The molecule has 0 radical (unpaired) electrons. The number of fused-ring (bicyclic) bond motifs is 1. The Morgan fingerprint density at radius 1 is 1.00 bits per heavy atom. The van der Waals surface area contributed by atoms with Crippen LogP contribution < -0.4 is 4.74 Å². The lowest BCUT2D eigenvalue weighted by Crippen LogP contribution is -1.91. The van der Waals surface area contributed by atoms with E-state index in [9.17, 15) is 0 Å². The van der Waals surface area contributed by atoms with Gasteiger partial charge in [0.25, 0.3) is 0 Å². The molecule has 2 nitrogen and oxygen atoms in total. The van der Waals surface area contributed by atoms with Crippen LogP contribution in [0.2, 0.25) is 0 Å². The molecule has 0 amide bonds. The highest BCUT2D eigenvalue weighted by atomic mass is 35.5. The van der Waals surface area contributed by atoms with Crippen LogP contribution in [0.3, 0.4) is 0 Å². The second-order valence-corrected chi connectivity index (χ2v) is 4.83. The smallest absolute Gasteiger partial charge is 0.119 e. The van der Waals surface area contributed by atoms with Gasteiger partial charge in [-0.3, -0.25) is 0 Å². The van der Waals surface area contributed by atoms with Crippen molar-refractivity contribution in [2.45, 2.75) is 5.38 Å². The topological polar surface area (TPSA) is 22.4 Å². The van der Waals surface area contributed by atoms with Crippen molar-refractivity contribution in [3.05, 3.63) is 66.1 Å². The second-order valence-electron chi connectivity index (χ2n) is 4.39. The number of rotatable bonds is 3. The van der Waals surface area contributed by atoms with Crippen molar-refractivity contribution in [3.63, 3.8) is 0 Å². The van der Waals surface area contributed by atoms with Gasteiger partial charge in [-0.1, -0.05) is 18.2 Å². The number of alkyl halides is 1. The van der Waals surface area contributed by atoms with Crippen LogP contribution in [-0.2, 0) is 0 Å². The van der Waals surface area contributed by atoms with E-state index >= 15 is 0 Å². The van der Waals surface area contributed by atoms with E-state index in [1.165, 1.54) is 0 Å². The number of benzene rings is 2. The normalized spacial score (nSPS) is 12.5. The molecule has 19 heavy (non-hydrogen) atoms. The molecule has 0 aliphatic rings. The lowest BCUT2D eigenvalue weighted by molar-refractivity contribution is 0.415. The molecule has 0 N–H and O–H groups in total. The molecule has 1 aromatic heterocycles. The molecule has 2 aromatic carbocycles. The molecular formula is C16H13ClO2. The predicted octanol–water partition coefficient (Wildman–Crippen LogP) is 4.77. The van der Waals surface area contributed by atoms with Crippen LogP contribution in [-0.4, -0.2) is 7.11 Å². The molecule has 0 spiro atoms. The van der Waals surface area contributed by atoms with Gasteiger partial charge in [0.05, 0.1) is 25.0 Å². The number of furan rings is 1. The number of methoxy groups -OCH3 is 1. The summed E-state index contributed by atoms with van der Waals surface area (Å²) in [5.41, 5.74) is 2.02. The van der Waals surface area contributed by atoms with E-state index in [4.69, 9.17) is 20.8 Å². The van der Waals surface area contributed by atoms with E-state index in [1.807, 2.05) is 30.3 Å². The predicted molar refractivity (Wildman–Crippen MR) is 76.9 cm³/mol. The highest BCUT2D eigenvalue weighted by Gasteiger charge is 2.12. The van der Waals surface area contributed by atoms with E-state index in [0.717, 1.165) is 27.6 Å². The van der Waals surface area contributed by atoms with Crippen LogP contribution in [0.25, 0.3) is 10.8 Å². The Kier molecular flexibility index (Phi) is 3.18. The third-order valence-corrected chi connectivity index (χ3v) is 3.70. The molecule has 0 bridgehead atoms. The summed E-state index contributed by atoms with van der Waals surface area (Å²) in [5, 5.41) is 2.09. The van der Waals surface area contributed by atoms with Gasteiger partial charge < -0.3 is 9.15 Å². The van der Waals surface area contributed by atoms with Crippen LogP contribution in [0.1, 0.15) is 16.5 Å². The van der Waals surface area contributed by atoms with Crippen molar-refractivity contribution in [3.8, 4) is 5.75 Å². The lowest BCUT2D eigenvalue weighted by Gasteiger charge is -2.09. The molecule has 3 heteroatoms. The van der Waals surface area contributed by atoms with Crippen molar-refractivity contribution in [2.24, 2.45) is 0 Å². The van der Waals surface area contributed by atoms with Crippen molar-refractivity contribution in [1.29, 1.82) is 0 Å². The first-order valence-electron chi connectivity index (χ1n) is 6.02. The van der Waals surface area contributed by atoms with Gasteiger partial charge in [-0.15, -0.1) is 11.6 Å². The minimum Gasteiger partial charge on any atom is -0.497 e. The zero-order chi connectivity index (χ0) is 13.2. The van der Waals surface area contributed by atoms with Gasteiger partial charge in [-0.05, 0) is 40.6 Å². The fourth-order valence-corrected chi connectivity index (χ4v) is 2.40. The van der Waals surface area contributed by atoms with Gasteiger partial charge in [-0.25, -0.2) is 0 Å². The third kappa shape index (κ3) is 2.32. The summed E-state index contributed by atoms with van der Waals surface area (Å²) in [5.74, 6) is 0.859. The zero-order valence-electron chi connectivity index (χ0n) is 10.5. The summed E-state index contributed by atoms with van der Waals surface area (Å²) in [4.78, 5) is 0. The fraction of sp³-hybridized carbons (Fsp3) is 0.125. The van der Waals surface area contributed by atoms with E-state index < -0.39 is 0 Å². The monoisotopic (exact) mass is 272 g/mol. The SMILES string of the molecule is COc1ccc2cc(C(Cl)c3ccoc3)ccc2c1. The molecule has 1 unspecified atom stereocenters. The van der Waals surface area contributed by atoms with Gasteiger partial charge in [0.15, 0.2) is 0 Å². The maximum atomic E-state index is 6.45.